The monoisotopic (exact) mass is 369 g/mol. The number of nitrogens with zero attached hydrogens (tertiary/aromatic N) is 1. The number of fused-ring (bicyclic) bond motifs is 2. The first-order chi connectivity index (χ1) is 13.2. The summed E-state index contributed by atoms with van der Waals surface area (Å²) >= 11 is 0. The van der Waals surface area contributed by atoms with Crippen LogP contribution >= 0.6 is 0 Å². The number of halogens is 1. The molecule has 2 aromatic rings. The first kappa shape index (κ1) is 18.3. The summed E-state index contributed by atoms with van der Waals surface area (Å²) in [4.78, 5) is 2.34. The lowest BCUT2D eigenvalue weighted by Crippen LogP contribution is -2.29. The van der Waals surface area contributed by atoms with Crippen LogP contribution in [-0.2, 0) is 19.3 Å². The standard InChI is InChI=1S/C23H28FNO2/c1-25(12-10-16-6-8-21-17(14-16)11-13-27-21)15-18-4-3-5-19-22(26-2)9-7-20(24)23(18)19/h6-9,14,18H,3-5,10-13,15H2,1-2H3/t18-/m0/s1. The van der Waals surface area contributed by atoms with Gasteiger partial charge >= 0.3 is 0 Å². The number of likely N-dealkylation sites (N-methyl/N-ethyl adjacent to an activating group) is 1. The lowest BCUT2D eigenvalue weighted by atomic mass is 9.81. The first-order valence-corrected chi connectivity index (χ1v) is 9.94. The van der Waals surface area contributed by atoms with E-state index in [4.69, 9.17) is 9.47 Å². The highest BCUT2D eigenvalue weighted by molar-refractivity contribution is 5.45. The summed E-state index contributed by atoms with van der Waals surface area (Å²) in [5.74, 6) is 2.03. The van der Waals surface area contributed by atoms with Gasteiger partial charge in [0.1, 0.15) is 17.3 Å². The Morgan fingerprint density at radius 2 is 2.11 bits per heavy atom. The molecule has 0 N–H and O–H groups in total. The molecule has 0 amide bonds. The van der Waals surface area contributed by atoms with Gasteiger partial charge in [0.15, 0.2) is 0 Å². The minimum Gasteiger partial charge on any atom is -0.496 e. The predicted molar refractivity (Wildman–Crippen MR) is 105 cm³/mol. The Labute approximate surface area is 161 Å². The molecule has 0 spiro atoms. The Morgan fingerprint density at radius 3 is 2.96 bits per heavy atom. The molecular formula is C23H28FNO2. The van der Waals surface area contributed by atoms with Crippen molar-refractivity contribution < 1.29 is 13.9 Å². The van der Waals surface area contributed by atoms with Crippen molar-refractivity contribution >= 4 is 0 Å². The number of methoxy groups -OCH3 is 1. The van der Waals surface area contributed by atoms with Crippen molar-refractivity contribution in [2.45, 2.75) is 38.0 Å². The van der Waals surface area contributed by atoms with Gasteiger partial charge in [-0.1, -0.05) is 12.1 Å². The van der Waals surface area contributed by atoms with Crippen LogP contribution in [0.5, 0.6) is 11.5 Å². The highest BCUT2D eigenvalue weighted by Crippen LogP contribution is 2.38. The third-order valence-electron chi connectivity index (χ3n) is 5.94. The maximum absolute atomic E-state index is 14.6. The molecule has 0 unspecified atom stereocenters. The molecule has 3 nitrogen and oxygen atoms in total. The first-order valence-electron chi connectivity index (χ1n) is 9.94. The number of hydrogen-bond acceptors (Lipinski definition) is 3. The third kappa shape index (κ3) is 3.81. The summed E-state index contributed by atoms with van der Waals surface area (Å²) in [5, 5.41) is 0. The van der Waals surface area contributed by atoms with Crippen LogP contribution in [0.2, 0.25) is 0 Å². The maximum Gasteiger partial charge on any atom is 0.127 e. The van der Waals surface area contributed by atoms with Crippen LogP contribution in [-0.4, -0.2) is 38.8 Å². The van der Waals surface area contributed by atoms with E-state index in [2.05, 4.69) is 30.1 Å². The maximum atomic E-state index is 14.6. The van der Waals surface area contributed by atoms with Crippen molar-refractivity contribution in [3.63, 3.8) is 0 Å². The highest BCUT2D eigenvalue weighted by atomic mass is 19.1. The molecule has 1 aliphatic heterocycles. The Bertz CT molecular complexity index is 820. The van der Waals surface area contributed by atoms with Crippen LogP contribution in [0, 0.1) is 5.82 Å². The van der Waals surface area contributed by atoms with E-state index >= 15 is 0 Å². The van der Waals surface area contributed by atoms with Crippen molar-refractivity contribution in [1.29, 1.82) is 0 Å². The van der Waals surface area contributed by atoms with Crippen molar-refractivity contribution in [2.75, 3.05) is 33.9 Å². The van der Waals surface area contributed by atoms with Crippen LogP contribution in [0.25, 0.3) is 0 Å². The van der Waals surface area contributed by atoms with Gasteiger partial charge in [0.05, 0.1) is 13.7 Å². The molecule has 0 radical (unpaired) electrons. The zero-order chi connectivity index (χ0) is 18.8. The smallest absolute Gasteiger partial charge is 0.127 e. The molecule has 1 heterocycles. The summed E-state index contributed by atoms with van der Waals surface area (Å²) in [6.07, 6.45) is 5.06. The fourth-order valence-electron chi connectivity index (χ4n) is 4.54. The average Bonchev–Trinajstić information content (AvgIpc) is 3.14. The van der Waals surface area contributed by atoms with Gasteiger partial charge < -0.3 is 14.4 Å². The fraction of sp³-hybridized carbons (Fsp3) is 0.478. The van der Waals surface area contributed by atoms with E-state index in [-0.39, 0.29) is 11.7 Å². The molecule has 2 aromatic carbocycles. The largest absolute Gasteiger partial charge is 0.496 e. The molecule has 4 heteroatoms. The second-order valence-corrected chi connectivity index (χ2v) is 7.78. The molecular weight excluding hydrogens is 341 g/mol. The van der Waals surface area contributed by atoms with E-state index in [0.717, 1.165) is 74.4 Å². The lowest BCUT2D eigenvalue weighted by molar-refractivity contribution is 0.295. The minimum absolute atomic E-state index is 0.0810. The molecule has 144 valence electrons. The van der Waals surface area contributed by atoms with E-state index in [1.54, 1.807) is 19.2 Å². The predicted octanol–water partition coefficient (Wildman–Crippen LogP) is 4.36. The quantitative estimate of drug-likeness (QED) is 0.755. The van der Waals surface area contributed by atoms with Crippen molar-refractivity contribution in [1.82, 2.24) is 4.90 Å². The topological polar surface area (TPSA) is 21.7 Å². The number of rotatable bonds is 6. The fourth-order valence-corrected chi connectivity index (χ4v) is 4.54. The second-order valence-electron chi connectivity index (χ2n) is 7.78. The number of benzene rings is 2. The van der Waals surface area contributed by atoms with Gasteiger partial charge in [-0.25, -0.2) is 4.39 Å². The summed E-state index contributed by atoms with van der Waals surface area (Å²) in [5.41, 5.74) is 4.62. The third-order valence-corrected chi connectivity index (χ3v) is 5.94. The Morgan fingerprint density at radius 1 is 1.22 bits per heavy atom. The summed E-state index contributed by atoms with van der Waals surface area (Å²) in [6, 6.07) is 9.85. The SMILES string of the molecule is COc1ccc(F)c2c1CCC[C@H]2CN(C)CCc1ccc2c(c1)CCO2. The molecule has 0 bridgehead atoms. The average molecular weight is 369 g/mol. The van der Waals surface area contributed by atoms with Crippen molar-refractivity contribution in [3.05, 3.63) is 58.4 Å². The molecule has 1 aliphatic carbocycles. The van der Waals surface area contributed by atoms with Crippen LogP contribution < -0.4 is 9.47 Å². The lowest BCUT2D eigenvalue weighted by Gasteiger charge is -2.30. The number of hydrogen-bond donors (Lipinski definition) is 0. The molecule has 0 aromatic heterocycles. The highest BCUT2D eigenvalue weighted by Gasteiger charge is 2.27. The normalized spacial score (nSPS) is 18.1. The van der Waals surface area contributed by atoms with Crippen molar-refractivity contribution in [3.8, 4) is 11.5 Å². The van der Waals surface area contributed by atoms with E-state index in [1.165, 1.54) is 11.1 Å². The van der Waals surface area contributed by atoms with Gasteiger partial charge in [-0.05, 0) is 73.5 Å². The van der Waals surface area contributed by atoms with Gasteiger partial charge in [-0.15, -0.1) is 0 Å². The van der Waals surface area contributed by atoms with Gasteiger partial charge in [-0.3, -0.25) is 0 Å². The Balaban J connectivity index is 1.41. The molecule has 0 saturated heterocycles. The summed E-state index contributed by atoms with van der Waals surface area (Å²) < 4.78 is 25.6. The molecule has 0 fully saturated rings. The van der Waals surface area contributed by atoms with Crippen LogP contribution in [0.4, 0.5) is 4.39 Å². The molecule has 4 rings (SSSR count). The second kappa shape index (κ2) is 7.89. The van der Waals surface area contributed by atoms with Gasteiger partial charge in [0.25, 0.3) is 0 Å². The zero-order valence-electron chi connectivity index (χ0n) is 16.3. The van der Waals surface area contributed by atoms with Gasteiger partial charge in [-0.2, -0.15) is 0 Å². The zero-order valence-corrected chi connectivity index (χ0v) is 16.3. The molecule has 2 aliphatic rings. The molecule has 0 saturated carbocycles. The number of ether oxygens (including phenoxy) is 2. The summed E-state index contributed by atoms with van der Waals surface area (Å²) in [6.45, 7) is 2.65. The Kier molecular flexibility index (Phi) is 5.35. The molecule has 1 atom stereocenters. The van der Waals surface area contributed by atoms with Gasteiger partial charge in [0, 0.05) is 25.1 Å². The molecule has 27 heavy (non-hydrogen) atoms. The van der Waals surface area contributed by atoms with Crippen LogP contribution in [0.1, 0.15) is 41.0 Å². The van der Waals surface area contributed by atoms with E-state index in [9.17, 15) is 4.39 Å². The van der Waals surface area contributed by atoms with E-state index in [1.807, 2.05) is 0 Å². The van der Waals surface area contributed by atoms with E-state index in [0.29, 0.717) is 0 Å². The van der Waals surface area contributed by atoms with Crippen molar-refractivity contribution in [2.24, 2.45) is 0 Å². The summed E-state index contributed by atoms with van der Waals surface area (Å²) in [7, 11) is 3.81. The van der Waals surface area contributed by atoms with Crippen LogP contribution in [0.15, 0.2) is 30.3 Å². The Hall–Kier alpha value is -2.07. The minimum atomic E-state index is -0.0810. The van der Waals surface area contributed by atoms with E-state index < -0.39 is 0 Å². The van der Waals surface area contributed by atoms with Crippen LogP contribution in [0.3, 0.4) is 0 Å². The van der Waals surface area contributed by atoms with Gasteiger partial charge in [0.2, 0.25) is 0 Å².